The number of hydrogen-bond acceptors (Lipinski definition) is 4. The van der Waals surface area contributed by atoms with Gasteiger partial charge in [0.2, 0.25) is 5.91 Å². The van der Waals surface area contributed by atoms with Crippen LogP contribution < -0.4 is 11.1 Å². The van der Waals surface area contributed by atoms with Gasteiger partial charge in [-0.05, 0) is 44.8 Å². The highest BCUT2D eigenvalue weighted by atomic mass is 16.3. The maximum absolute atomic E-state index is 11.3. The third kappa shape index (κ3) is 3.00. The van der Waals surface area contributed by atoms with E-state index in [4.69, 9.17) is 5.73 Å². The van der Waals surface area contributed by atoms with Crippen LogP contribution in [0.5, 0.6) is 0 Å². The zero-order valence-electron chi connectivity index (χ0n) is 12.1. The molecule has 0 aliphatic carbocycles. The molecule has 0 radical (unpaired) electrons. The molecule has 0 spiro atoms. The Bertz CT molecular complexity index is 490. The summed E-state index contributed by atoms with van der Waals surface area (Å²) in [5.74, 6) is -0.386. The van der Waals surface area contributed by atoms with Gasteiger partial charge in [0.05, 0.1) is 5.60 Å². The molecule has 4 N–H and O–H groups in total. The third-order valence-electron chi connectivity index (χ3n) is 3.98. The minimum atomic E-state index is -0.916. The second kappa shape index (κ2) is 5.91. The van der Waals surface area contributed by atoms with E-state index in [1.165, 1.54) is 0 Å². The number of piperidine rings is 1. The van der Waals surface area contributed by atoms with Crippen molar-refractivity contribution in [3.63, 3.8) is 0 Å². The van der Waals surface area contributed by atoms with E-state index in [-0.39, 0.29) is 5.92 Å². The molecule has 2 rings (SSSR count). The second-order valence-corrected chi connectivity index (χ2v) is 5.78. The number of hydrogen-bond donors (Lipinski definition) is 3. The Morgan fingerprint density at radius 1 is 1.55 bits per heavy atom. The number of nitrogens with zero attached hydrogens (tertiary/aromatic N) is 1. The summed E-state index contributed by atoms with van der Waals surface area (Å²) in [6.07, 6.45) is 0.633. The maximum atomic E-state index is 11.3. The molecule has 1 fully saturated rings. The number of benzene rings is 1. The highest BCUT2D eigenvalue weighted by Crippen LogP contribution is 2.35. The molecule has 5 nitrogen and oxygen atoms in total. The van der Waals surface area contributed by atoms with Crippen LogP contribution in [-0.2, 0) is 5.60 Å². The molecular weight excluding hydrogens is 254 g/mol. The summed E-state index contributed by atoms with van der Waals surface area (Å²) in [5, 5.41) is 14.5. The van der Waals surface area contributed by atoms with Gasteiger partial charge in [0.25, 0.3) is 0 Å². The predicted octanol–water partition coefficient (Wildman–Crippen LogP) is 0.144. The van der Waals surface area contributed by atoms with Crippen LogP contribution in [0.15, 0.2) is 24.3 Å². The summed E-state index contributed by atoms with van der Waals surface area (Å²) in [7, 11) is 3.99. The molecule has 1 heterocycles. The number of nitrogens with one attached hydrogen (secondary N) is 1. The lowest BCUT2D eigenvalue weighted by atomic mass is 9.76. The number of rotatable bonds is 4. The molecule has 0 saturated carbocycles. The lowest BCUT2D eigenvalue weighted by Crippen LogP contribution is -2.51. The van der Waals surface area contributed by atoms with Gasteiger partial charge in [0.1, 0.15) is 0 Å². The molecule has 110 valence electrons. The normalized spacial score (nSPS) is 26.7. The molecule has 1 aromatic carbocycles. The van der Waals surface area contributed by atoms with Gasteiger partial charge in [-0.3, -0.25) is 4.79 Å². The van der Waals surface area contributed by atoms with Crippen LogP contribution in [0.4, 0.5) is 0 Å². The number of carbonyl (C=O) groups is 1. The Morgan fingerprint density at radius 3 is 2.95 bits per heavy atom. The van der Waals surface area contributed by atoms with Gasteiger partial charge in [0.15, 0.2) is 0 Å². The molecule has 20 heavy (non-hydrogen) atoms. The lowest BCUT2D eigenvalue weighted by molar-refractivity contribution is -0.0540. The Kier molecular flexibility index (Phi) is 4.42. The van der Waals surface area contributed by atoms with Gasteiger partial charge >= 0.3 is 0 Å². The zero-order chi connectivity index (χ0) is 14.8. The van der Waals surface area contributed by atoms with Crippen LogP contribution in [0.2, 0.25) is 0 Å². The van der Waals surface area contributed by atoms with Crippen molar-refractivity contribution in [1.29, 1.82) is 0 Å². The summed E-state index contributed by atoms with van der Waals surface area (Å²) in [5.41, 5.74) is 5.64. The molecule has 0 unspecified atom stereocenters. The average molecular weight is 277 g/mol. The second-order valence-electron chi connectivity index (χ2n) is 5.78. The maximum Gasteiger partial charge on any atom is 0.248 e. The highest BCUT2D eigenvalue weighted by Gasteiger charge is 2.40. The Labute approximate surface area is 119 Å². The van der Waals surface area contributed by atoms with E-state index in [1.54, 1.807) is 18.2 Å². The largest absolute Gasteiger partial charge is 0.385 e. The van der Waals surface area contributed by atoms with Crippen molar-refractivity contribution in [2.75, 3.05) is 33.7 Å². The smallest absolute Gasteiger partial charge is 0.248 e. The first-order valence-electron chi connectivity index (χ1n) is 6.91. The van der Waals surface area contributed by atoms with Crippen LogP contribution in [0, 0.1) is 5.92 Å². The number of aliphatic hydroxyl groups is 1. The van der Waals surface area contributed by atoms with Gasteiger partial charge < -0.3 is 21.1 Å². The highest BCUT2D eigenvalue weighted by molar-refractivity contribution is 5.92. The Morgan fingerprint density at radius 2 is 2.30 bits per heavy atom. The SMILES string of the molecule is CN(C)C[C@H]1CNCC[C@]1(O)c1cccc(C(N)=O)c1. The van der Waals surface area contributed by atoms with Crippen LogP contribution in [0.1, 0.15) is 22.3 Å². The Hall–Kier alpha value is -1.43. The quantitative estimate of drug-likeness (QED) is 0.732. The molecule has 5 heteroatoms. The van der Waals surface area contributed by atoms with Crippen molar-refractivity contribution in [2.45, 2.75) is 12.0 Å². The Balaban J connectivity index is 2.34. The molecular formula is C15H23N3O2. The third-order valence-corrected chi connectivity index (χ3v) is 3.98. The first-order valence-corrected chi connectivity index (χ1v) is 6.91. The van der Waals surface area contributed by atoms with E-state index < -0.39 is 11.5 Å². The van der Waals surface area contributed by atoms with Gasteiger partial charge in [-0.1, -0.05) is 12.1 Å². The van der Waals surface area contributed by atoms with E-state index >= 15 is 0 Å². The summed E-state index contributed by atoms with van der Waals surface area (Å²) < 4.78 is 0. The van der Waals surface area contributed by atoms with E-state index in [1.807, 2.05) is 20.2 Å². The molecule has 1 aliphatic heterocycles. The van der Waals surface area contributed by atoms with Gasteiger partial charge in [-0.2, -0.15) is 0 Å². The zero-order valence-corrected chi connectivity index (χ0v) is 12.1. The molecule has 1 saturated heterocycles. The van der Waals surface area contributed by atoms with E-state index in [2.05, 4.69) is 10.2 Å². The number of amides is 1. The molecule has 2 atom stereocenters. The lowest BCUT2D eigenvalue weighted by Gasteiger charge is -2.42. The van der Waals surface area contributed by atoms with Gasteiger partial charge in [0, 0.05) is 24.6 Å². The van der Waals surface area contributed by atoms with E-state index in [0.29, 0.717) is 12.0 Å². The molecule has 1 amide bonds. The predicted molar refractivity (Wildman–Crippen MR) is 78.4 cm³/mol. The van der Waals surface area contributed by atoms with Gasteiger partial charge in [-0.25, -0.2) is 0 Å². The average Bonchev–Trinajstić information content (AvgIpc) is 2.41. The molecule has 1 aromatic rings. The number of carbonyl (C=O) groups excluding carboxylic acids is 1. The van der Waals surface area contributed by atoms with Crippen LogP contribution >= 0.6 is 0 Å². The van der Waals surface area contributed by atoms with Crippen molar-refractivity contribution >= 4 is 5.91 Å². The molecule has 1 aliphatic rings. The topological polar surface area (TPSA) is 78.6 Å². The fraction of sp³-hybridized carbons (Fsp3) is 0.533. The van der Waals surface area contributed by atoms with E-state index in [0.717, 1.165) is 25.2 Å². The van der Waals surface area contributed by atoms with Crippen molar-refractivity contribution in [1.82, 2.24) is 10.2 Å². The van der Waals surface area contributed by atoms with Crippen molar-refractivity contribution in [2.24, 2.45) is 11.7 Å². The van der Waals surface area contributed by atoms with Crippen LogP contribution in [-0.4, -0.2) is 49.6 Å². The first kappa shape index (κ1) is 15.0. The fourth-order valence-electron chi connectivity index (χ4n) is 2.91. The summed E-state index contributed by atoms with van der Waals surface area (Å²) >= 11 is 0. The van der Waals surface area contributed by atoms with Crippen LogP contribution in [0.25, 0.3) is 0 Å². The number of nitrogens with two attached hydrogens (primary N) is 1. The molecule has 0 aromatic heterocycles. The van der Waals surface area contributed by atoms with Gasteiger partial charge in [-0.15, -0.1) is 0 Å². The van der Waals surface area contributed by atoms with Crippen molar-refractivity contribution < 1.29 is 9.90 Å². The number of primary amides is 1. The minimum Gasteiger partial charge on any atom is -0.385 e. The summed E-state index contributed by atoms with van der Waals surface area (Å²) in [4.78, 5) is 13.4. The monoisotopic (exact) mass is 277 g/mol. The fourth-order valence-corrected chi connectivity index (χ4v) is 2.91. The van der Waals surface area contributed by atoms with E-state index in [9.17, 15) is 9.90 Å². The van der Waals surface area contributed by atoms with Crippen molar-refractivity contribution in [3.05, 3.63) is 35.4 Å². The summed E-state index contributed by atoms with van der Waals surface area (Å²) in [6.45, 7) is 2.31. The minimum absolute atomic E-state index is 0.0781. The summed E-state index contributed by atoms with van der Waals surface area (Å²) in [6, 6.07) is 7.05. The van der Waals surface area contributed by atoms with Crippen molar-refractivity contribution in [3.8, 4) is 0 Å². The van der Waals surface area contributed by atoms with Crippen LogP contribution in [0.3, 0.4) is 0 Å². The standard InChI is InChI=1S/C15H23N3O2/c1-18(2)10-13-9-17-7-6-15(13,20)12-5-3-4-11(8-12)14(16)19/h3-5,8,13,17,20H,6-7,9-10H2,1-2H3,(H2,16,19)/t13-,15+/m1/s1. The first-order chi connectivity index (χ1) is 9.43. The molecule has 0 bridgehead atoms.